The van der Waals surface area contributed by atoms with E-state index in [1.807, 2.05) is 25.9 Å². The zero-order valence-corrected chi connectivity index (χ0v) is 11.2. The van der Waals surface area contributed by atoms with E-state index in [2.05, 4.69) is 4.90 Å². The van der Waals surface area contributed by atoms with Crippen LogP contribution in [0.15, 0.2) is 0 Å². The monoisotopic (exact) mass is 243 g/mol. The van der Waals surface area contributed by atoms with Crippen LogP contribution in [0.3, 0.4) is 0 Å². The highest BCUT2D eigenvalue weighted by Gasteiger charge is 2.33. The fraction of sp³-hybridized carbons (Fsp3) is 0.917. The summed E-state index contributed by atoms with van der Waals surface area (Å²) in [7, 11) is 4.08. The minimum atomic E-state index is -0.144. The van der Waals surface area contributed by atoms with Crippen molar-refractivity contribution in [1.29, 1.82) is 0 Å². The highest BCUT2D eigenvalue weighted by atomic mass is 16.5. The molecule has 0 radical (unpaired) electrons. The van der Waals surface area contributed by atoms with E-state index in [9.17, 15) is 4.79 Å². The van der Waals surface area contributed by atoms with Crippen molar-refractivity contribution in [2.75, 3.05) is 46.9 Å². The molecule has 0 aromatic heterocycles. The lowest BCUT2D eigenvalue weighted by atomic mass is 10.0. The van der Waals surface area contributed by atoms with Crippen molar-refractivity contribution in [3.05, 3.63) is 0 Å². The number of nitrogens with two attached hydrogens (primary N) is 1. The fourth-order valence-electron chi connectivity index (χ4n) is 2.06. The van der Waals surface area contributed by atoms with Gasteiger partial charge in [-0.2, -0.15) is 0 Å². The Bertz CT molecular complexity index is 246. The Morgan fingerprint density at radius 1 is 1.35 bits per heavy atom. The van der Waals surface area contributed by atoms with Gasteiger partial charge in [-0.15, -0.1) is 0 Å². The number of hydrogen-bond acceptors (Lipinski definition) is 4. The molecule has 5 heteroatoms. The second kappa shape index (κ2) is 6.93. The first-order valence-corrected chi connectivity index (χ1v) is 6.33. The van der Waals surface area contributed by atoms with Gasteiger partial charge >= 0.3 is 0 Å². The van der Waals surface area contributed by atoms with Crippen LogP contribution in [0.5, 0.6) is 0 Å². The van der Waals surface area contributed by atoms with Crippen LogP contribution in [0.25, 0.3) is 0 Å². The molecule has 100 valence electrons. The van der Waals surface area contributed by atoms with Crippen molar-refractivity contribution in [3.8, 4) is 0 Å². The van der Waals surface area contributed by atoms with Crippen molar-refractivity contribution in [3.63, 3.8) is 0 Å². The summed E-state index contributed by atoms with van der Waals surface area (Å²) in [5, 5.41) is 0. The lowest BCUT2D eigenvalue weighted by Gasteiger charge is -2.25. The predicted molar refractivity (Wildman–Crippen MR) is 67.7 cm³/mol. The quantitative estimate of drug-likeness (QED) is 0.699. The maximum Gasteiger partial charge on any atom is 0.229 e. The van der Waals surface area contributed by atoms with Crippen LogP contribution in [0.2, 0.25) is 0 Å². The average Bonchev–Trinajstić information content (AvgIpc) is 2.69. The molecule has 1 aliphatic heterocycles. The van der Waals surface area contributed by atoms with Gasteiger partial charge in [0.15, 0.2) is 0 Å². The Balaban J connectivity index is 2.40. The largest absolute Gasteiger partial charge is 0.379 e. The molecule has 1 heterocycles. The minimum Gasteiger partial charge on any atom is -0.379 e. The molecule has 0 aromatic rings. The Kier molecular flexibility index (Phi) is 5.88. The van der Waals surface area contributed by atoms with Gasteiger partial charge in [0.05, 0.1) is 19.1 Å². The number of hydrogen-bond donors (Lipinski definition) is 1. The average molecular weight is 243 g/mol. The first kappa shape index (κ1) is 14.4. The number of rotatable bonds is 6. The molecule has 0 saturated carbocycles. The molecule has 0 aliphatic carbocycles. The van der Waals surface area contributed by atoms with Gasteiger partial charge in [-0.1, -0.05) is 0 Å². The van der Waals surface area contributed by atoms with Crippen molar-refractivity contribution < 1.29 is 9.53 Å². The molecule has 1 rings (SSSR count). The van der Waals surface area contributed by atoms with Crippen LogP contribution < -0.4 is 5.73 Å². The Hall–Kier alpha value is -0.650. The standard InChI is InChI=1S/C12H25N3O2/c1-4-15(7-5-6-14(2)3)12(16)10-8-17-9-11(10)13/h10-11H,4-9,13H2,1-3H3. The lowest BCUT2D eigenvalue weighted by molar-refractivity contribution is -0.135. The summed E-state index contributed by atoms with van der Waals surface area (Å²) in [6.07, 6.45) is 0.995. The summed E-state index contributed by atoms with van der Waals surface area (Å²) >= 11 is 0. The van der Waals surface area contributed by atoms with Gasteiger partial charge in [0.2, 0.25) is 5.91 Å². The van der Waals surface area contributed by atoms with Crippen LogP contribution >= 0.6 is 0 Å². The molecule has 1 aliphatic rings. The predicted octanol–water partition coefficient (Wildman–Crippen LogP) is -0.240. The molecule has 0 spiro atoms. The van der Waals surface area contributed by atoms with Crippen molar-refractivity contribution in [2.24, 2.45) is 11.7 Å². The molecule has 5 nitrogen and oxygen atoms in total. The summed E-state index contributed by atoms with van der Waals surface area (Å²) in [5.74, 6) is 0.00515. The Morgan fingerprint density at radius 3 is 2.53 bits per heavy atom. The summed E-state index contributed by atoms with van der Waals surface area (Å²) in [6.45, 7) is 5.54. The van der Waals surface area contributed by atoms with Gasteiger partial charge in [0, 0.05) is 19.1 Å². The van der Waals surface area contributed by atoms with E-state index in [4.69, 9.17) is 10.5 Å². The van der Waals surface area contributed by atoms with Crippen molar-refractivity contribution in [2.45, 2.75) is 19.4 Å². The van der Waals surface area contributed by atoms with Gasteiger partial charge in [-0.25, -0.2) is 0 Å². The number of nitrogens with zero attached hydrogens (tertiary/aromatic N) is 2. The summed E-state index contributed by atoms with van der Waals surface area (Å²) < 4.78 is 5.25. The van der Waals surface area contributed by atoms with E-state index < -0.39 is 0 Å². The number of carbonyl (C=O) groups is 1. The third-order valence-electron chi connectivity index (χ3n) is 3.17. The van der Waals surface area contributed by atoms with Crippen molar-refractivity contribution in [1.82, 2.24) is 9.80 Å². The molecule has 1 amide bonds. The molecule has 2 atom stereocenters. The molecule has 2 unspecified atom stereocenters. The smallest absolute Gasteiger partial charge is 0.229 e. The molecule has 0 bridgehead atoms. The van der Waals surface area contributed by atoms with E-state index in [0.29, 0.717) is 13.2 Å². The number of carbonyl (C=O) groups excluding carboxylic acids is 1. The van der Waals surface area contributed by atoms with Gasteiger partial charge < -0.3 is 20.3 Å². The van der Waals surface area contributed by atoms with Gasteiger partial charge in [0.1, 0.15) is 0 Å². The van der Waals surface area contributed by atoms with E-state index in [1.165, 1.54) is 0 Å². The topological polar surface area (TPSA) is 58.8 Å². The molecular formula is C12H25N3O2. The van der Waals surface area contributed by atoms with Crippen LogP contribution in [-0.2, 0) is 9.53 Å². The first-order chi connectivity index (χ1) is 8.06. The highest BCUT2D eigenvalue weighted by molar-refractivity contribution is 5.80. The Labute approximate surface area is 104 Å². The third kappa shape index (κ3) is 4.26. The SMILES string of the molecule is CCN(CCCN(C)C)C(=O)C1COCC1N. The molecule has 1 fully saturated rings. The van der Waals surface area contributed by atoms with E-state index >= 15 is 0 Å². The summed E-state index contributed by atoms with van der Waals surface area (Å²) in [4.78, 5) is 16.2. The molecule has 0 aromatic carbocycles. The molecule has 17 heavy (non-hydrogen) atoms. The normalized spacial score (nSPS) is 24.3. The Morgan fingerprint density at radius 2 is 2.06 bits per heavy atom. The number of amides is 1. The summed E-state index contributed by atoms with van der Waals surface area (Å²) in [6, 6.07) is -0.134. The zero-order valence-electron chi connectivity index (χ0n) is 11.2. The molecular weight excluding hydrogens is 218 g/mol. The maximum atomic E-state index is 12.2. The van der Waals surface area contributed by atoms with E-state index in [-0.39, 0.29) is 17.9 Å². The van der Waals surface area contributed by atoms with Crippen LogP contribution in [-0.4, -0.2) is 68.7 Å². The van der Waals surface area contributed by atoms with Crippen LogP contribution in [0.4, 0.5) is 0 Å². The molecule has 2 N–H and O–H groups in total. The maximum absolute atomic E-state index is 12.2. The second-order valence-corrected chi connectivity index (χ2v) is 4.88. The van der Waals surface area contributed by atoms with Crippen molar-refractivity contribution >= 4 is 5.91 Å². The third-order valence-corrected chi connectivity index (χ3v) is 3.17. The van der Waals surface area contributed by atoms with E-state index in [1.54, 1.807) is 0 Å². The highest BCUT2D eigenvalue weighted by Crippen LogP contribution is 2.15. The minimum absolute atomic E-state index is 0.134. The summed E-state index contributed by atoms with van der Waals surface area (Å²) in [5.41, 5.74) is 5.87. The van der Waals surface area contributed by atoms with Gasteiger partial charge in [0.25, 0.3) is 0 Å². The first-order valence-electron chi connectivity index (χ1n) is 6.33. The molecule has 1 saturated heterocycles. The number of ether oxygens (including phenoxy) is 1. The van der Waals surface area contributed by atoms with Crippen LogP contribution in [0.1, 0.15) is 13.3 Å². The van der Waals surface area contributed by atoms with Gasteiger partial charge in [-0.3, -0.25) is 4.79 Å². The van der Waals surface area contributed by atoms with Crippen LogP contribution in [0, 0.1) is 5.92 Å². The second-order valence-electron chi connectivity index (χ2n) is 4.88. The zero-order chi connectivity index (χ0) is 12.8. The van der Waals surface area contributed by atoms with E-state index in [0.717, 1.165) is 26.1 Å². The lowest BCUT2D eigenvalue weighted by Crippen LogP contribution is -2.44. The van der Waals surface area contributed by atoms with Gasteiger partial charge in [-0.05, 0) is 34.0 Å². The fourth-order valence-corrected chi connectivity index (χ4v) is 2.06.